The van der Waals surface area contributed by atoms with E-state index in [1.165, 1.54) is 0 Å². The highest BCUT2D eigenvalue weighted by Gasteiger charge is 2.36. The van der Waals surface area contributed by atoms with Crippen molar-refractivity contribution in [3.05, 3.63) is 59.2 Å². The number of anilines is 2. The molecule has 3 aromatic rings. The third-order valence-corrected chi connectivity index (χ3v) is 4.80. The number of carbonyl (C=O) groups excluding carboxylic acids is 1. The van der Waals surface area contributed by atoms with Gasteiger partial charge in [0.05, 0.1) is 17.1 Å². The first-order chi connectivity index (χ1) is 12.6. The lowest BCUT2D eigenvalue weighted by Crippen LogP contribution is -2.33. The SMILES string of the molecule is Cc1nnn2c1-c1ccccc1N(c1ccc(Cl)cc1)C(=O)C2CCO. The molecule has 0 aliphatic carbocycles. The number of amides is 1. The van der Waals surface area contributed by atoms with Crippen LogP contribution in [0.3, 0.4) is 0 Å². The van der Waals surface area contributed by atoms with Gasteiger partial charge in [0.2, 0.25) is 0 Å². The van der Waals surface area contributed by atoms with Gasteiger partial charge in [-0.05, 0) is 37.3 Å². The van der Waals surface area contributed by atoms with Crippen LogP contribution in [-0.4, -0.2) is 32.6 Å². The van der Waals surface area contributed by atoms with E-state index in [0.717, 1.165) is 22.6 Å². The molecule has 0 saturated heterocycles. The van der Waals surface area contributed by atoms with Gasteiger partial charge in [-0.25, -0.2) is 4.68 Å². The van der Waals surface area contributed by atoms with Gasteiger partial charge < -0.3 is 5.11 Å². The number of nitrogens with zero attached hydrogens (tertiary/aromatic N) is 4. The molecule has 0 spiro atoms. The highest BCUT2D eigenvalue weighted by Crippen LogP contribution is 2.42. The van der Waals surface area contributed by atoms with Crippen LogP contribution >= 0.6 is 11.6 Å². The molecule has 1 unspecified atom stereocenters. The number of para-hydroxylation sites is 1. The van der Waals surface area contributed by atoms with Crippen LogP contribution in [0.5, 0.6) is 0 Å². The summed E-state index contributed by atoms with van der Waals surface area (Å²) >= 11 is 6.02. The fraction of sp³-hybridized carbons (Fsp3) is 0.211. The summed E-state index contributed by atoms with van der Waals surface area (Å²) in [5.74, 6) is -0.169. The van der Waals surface area contributed by atoms with Gasteiger partial charge in [0.25, 0.3) is 5.91 Å². The Morgan fingerprint density at radius 1 is 1.15 bits per heavy atom. The molecular formula is C19H17ClN4O2. The van der Waals surface area contributed by atoms with Crippen LogP contribution in [0.4, 0.5) is 11.4 Å². The van der Waals surface area contributed by atoms with E-state index in [1.807, 2.05) is 43.3 Å². The van der Waals surface area contributed by atoms with Crippen molar-refractivity contribution in [2.24, 2.45) is 0 Å². The molecule has 0 fully saturated rings. The Hall–Kier alpha value is -2.70. The fourth-order valence-electron chi connectivity index (χ4n) is 3.38. The highest BCUT2D eigenvalue weighted by atomic mass is 35.5. The van der Waals surface area contributed by atoms with E-state index in [0.29, 0.717) is 10.7 Å². The van der Waals surface area contributed by atoms with Crippen LogP contribution in [-0.2, 0) is 4.79 Å². The molecule has 1 N–H and O–H groups in total. The summed E-state index contributed by atoms with van der Waals surface area (Å²) in [6, 6.07) is 14.2. The first-order valence-electron chi connectivity index (χ1n) is 8.33. The van der Waals surface area contributed by atoms with E-state index in [4.69, 9.17) is 11.6 Å². The molecule has 1 aliphatic rings. The molecule has 0 radical (unpaired) electrons. The second-order valence-electron chi connectivity index (χ2n) is 6.16. The number of rotatable bonds is 3. The molecule has 26 heavy (non-hydrogen) atoms. The van der Waals surface area contributed by atoms with Crippen molar-refractivity contribution < 1.29 is 9.90 Å². The number of hydrogen-bond acceptors (Lipinski definition) is 4. The molecule has 2 aromatic carbocycles. The lowest BCUT2D eigenvalue weighted by Gasteiger charge is -2.25. The fourth-order valence-corrected chi connectivity index (χ4v) is 3.50. The number of hydrogen-bond donors (Lipinski definition) is 1. The zero-order chi connectivity index (χ0) is 18.3. The van der Waals surface area contributed by atoms with E-state index in [9.17, 15) is 9.90 Å². The van der Waals surface area contributed by atoms with Crippen molar-refractivity contribution in [1.82, 2.24) is 15.0 Å². The van der Waals surface area contributed by atoms with Gasteiger partial charge >= 0.3 is 0 Å². The number of fused-ring (bicyclic) bond motifs is 3. The predicted octanol–water partition coefficient (Wildman–Crippen LogP) is 3.51. The molecule has 1 aromatic heterocycles. The average molecular weight is 369 g/mol. The van der Waals surface area contributed by atoms with Gasteiger partial charge in [-0.15, -0.1) is 5.10 Å². The Morgan fingerprint density at radius 3 is 2.62 bits per heavy atom. The minimum Gasteiger partial charge on any atom is -0.396 e. The van der Waals surface area contributed by atoms with E-state index in [1.54, 1.807) is 21.7 Å². The van der Waals surface area contributed by atoms with Gasteiger partial charge in [0.15, 0.2) is 0 Å². The minimum atomic E-state index is -0.640. The van der Waals surface area contributed by atoms with Gasteiger partial charge in [-0.2, -0.15) is 0 Å². The number of halogens is 1. The van der Waals surface area contributed by atoms with Gasteiger partial charge in [-0.1, -0.05) is 35.0 Å². The van der Waals surface area contributed by atoms with Crippen molar-refractivity contribution >= 4 is 28.9 Å². The Bertz CT molecular complexity index is 968. The summed E-state index contributed by atoms with van der Waals surface area (Å²) in [7, 11) is 0. The molecule has 7 heteroatoms. The van der Waals surface area contributed by atoms with E-state index >= 15 is 0 Å². The number of benzene rings is 2. The number of aryl methyl sites for hydroxylation is 1. The maximum absolute atomic E-state index is 13.4. The largest absolute Gasteiger partial charge is 0.396 e. The monoisotopic (exact) mass is 368 g/mol. The van der Waals surface area contributed by atoms with Gasteiger partial charge in [0, 0.05) is 29.3 Å². The Balaban J connectivity index is 1.99. The summed E-state index contributed by atoms with van der Waals surface area (Å²) in [4.78, 5) is 15.1. The first-order valence-corrected chi connectivity index (χ1v) is 8.71. The van der Waals surface area contributed by atoms with Crippen molar-refractivity contribution in [2.45, 2.75) is 19.4 Å². The quantitative estimate of drug-likeness (QED) is 0.768. The number of aliphatic hydroxyl groups excluding tert-OH is 1. The third kappa shape index (κ3) is 2.58. The second-order valence-corrected chi connectivity index (χ2v) is 6.60. The lowest BCUT2D eigenvalue weighted by atomic mass is 10.1. The van der Waals surface area contributed by atoms with Crippen LogP contribution in [0.25, 0.3) is 11.3 Å². The Labute approximate surface area is 155 Å². The van der Waals surface area contributed by atoms with E-state index < -0.39 is 6.04 Å². The van der Waals surface area contributed by atoms with Gasteiger partial charge in [0.1, 0.15) is 6.04 Å². The molecule has 6 nitrogen and oxygen atoms in total. The maximum atomic E-state index is 13.4. The minimum absolute atomic E-state index is 0.125. The van der Waals surface area contributed by atoms with Crippen LogP contribution in [0.2, 0.25) is 5.02 Å². The highest BCUT2D eigenvalue weighted by molar-refractivity contribution is 6.30. The molecule has 0 saturated carbocycles. The van der Waals surface area contributed by atoms with Crippen LogP contribution < -0.4 is 4.90 Å². The molecular weight excluding hydrogens is 352 g/mol. The Kier molecular flexibility index (Phi) is 4.22. The van der Waals surface area contributed by atoms with Crippen LogP contribution in [0, 0.1) is 6.92 Å². The summed E-state index contributed by atoms with van der Waals surface area (Å²) in [5, 5.41) is 18.5. The summed E-state index contributed by atoms with van der Waals surface area (Å²) in [6.45, 7) is 1.74. The number of carbonyl (C=O) groups is 1. The maximum Gasteiger partial charge on any atom is 0.256 e. The smallest absolute Gasteiger partial charge is 0.256 e. The first kappa shape index (κ1) is 16.8. The zero-order valence-corrected chi connectivity index (χ0v) is 14.9. The van der Waals surface area contributed by atoms with Crippen LogP contribution in [0.1, 0.15) is 18.2 Å². The van der Waals surface area contributed by atoms with E-state index in [2.05, 4.69) is 10.3 Å². The second kappa shape index (κ2) is 6.55. The standard InChI is InChI=1S/C19H17ClN4O2/c1-12-18-15-4-2-3-5-16(15)23(14-8-6-13(20)7-9-14)19(26)17(10-11-25)24(18)22-21-12/h2-9,17,25H,10-11H2,1H3. The summed E-state index contributed by atoms with van der Waals surface area (Å²) in [5.41, 5.74) is 3.88. The Morgan fingerprint density at radius 2 is 1.88 bits per heavy atom. The summed E-state index contributed by atoms with van der Waals surface area (Å²) in [6.07, 6.45) is 0.257. The number of aliphatic hydroxyl groups is 1. The molecule has 4 rings (SSSR count). The summed E-state index contributed by atoms with van der Waals surface area (Å²) < 4.78 is 1.63. The molecule has 1 amide bonds. The van der Waals surface area contributed by atoms with Gasteiger partial charge in [-0.3, -0.25) is 9.69 Å². The topological polar surface area (TPSA) is 71.2 Å². The normalized spacial score (nSPS) is 16.2. The number of aromatic nitrogens is 3. The molecule has 1 atom stereocenters. The zero-order valence-electron chi connectivity index (χ0n) is 14.1. The average Bonchev–Trinajstić information content (AvgIpc) is 2.98. The third-order valence-electron chi connectivity index (χ3n) is 4.55. The van der Waals surface area contributed by atoms with Crippen molar-refractivity contribution in [3.8, 4) is 11.3 Å². The molecule has 132 valence electrons. The lowest BCUT2D eigenvalue weighted by molar-refractivity contribution is -0.121. The molecule has 1 aliphatic heterocycles. The van der Waals surface area contributed by atoms with Crippen molar-refractivity contribution in [2.75, 3.05) is 11.5 Å². The molecule has 2 heterocycles. The van der Waals surface area contributed by atoms with E-state index in [-0.39, 0.29) is 18.9 Å². The van der Waals surface area contributed by atoms with Crippen molar-refractivity contribution in [3.63, 3.8) is 0 Å². The molecule has 0 bridgehead atoms. The van der Waals surface area contributed by atoms with Crippen LogP contribution in [0.15, 0.2) is 48.5 Å². The predicted molar refractivity (Wildman–Crippen MR) is 99.5 cm³/mol. The van der Waals surface area contributed by atoms with Crippen molar-refractivity contribution in [1.29, 1.82) is 0 Å².